The zero-order valence-electron chi connectivity index (χ0n) is 11.5. The van der Waals surface area contributed by atoms with Gasteiger partial charge in [-0.3, -0.25) is 4.79 Å². The van der Waals surface area contributed by atoms with Gasteiger partial charge in [-0.15, -0.1) is 0 Å². The average Bonchev–Trinajstić information content (AvgIpc) is 2.37. The van der Waals surface area contributed by atoms with Crippen LogP contribution in [0.15, 0.2) is 36.4 Å². The Morgan fingerprint density at radius 2 is 1.60 bits per heavy atom. The van der Waals surface area contributed by atoms with E-state index < -0.39 is 20.4 Å². The summed E-state index contributed by atoms with van der Waals surface area (Å²) in [5.41, 5.74) is 0.375. The first-order chi connectivity index (χ1) is 9.16. The van der Waals surface area contributed by atoms with E-state index in [0.29, 0.717) is 16.0 Å². The third-order valence-corrected chi connectivity index (χ3v) is 5.96. The van der Waals surface area contributed by atoms with Gasteiger partial charge in [0.15, 0.2) is 15.6 Å². The van der Waals surface area contributed by atoms with Gasteiger partial charge in [0.25, 0.3) is 0 Å². The molecule has 0 heterocycles. The summed E-state index contributed by atoms with van der Waals surface area (Å²) in [5.74, 6) is -0.423. The fraction of sp³-hybridized carbons (Fsp3) is 0.267. The van der Waals surface area contributed by atoms with Crippen molar-refractivity contribution in [3.05, 3.63) is 47.0 Å². The maximum atomic E-state index is 12.6. The molecule has 0 amide bonds. The molecule has 0 aromatic heterocycles. The highest BCUT2D eigenvalue weighted by Gasteiger charge is 2.39. The summed E-state index contributed by atoms with van der Waals surface area (Å²) in [6, 6.07) is 10.4. The molecule has 5 heteroatoms. The lowest BCUT2D eigenvalue weighted by Crippen LogP contribution is -2.40. The molecule has 2 rings (SSSR count). The van der Waals surface area contributed by atoms with Gasteiger partial charge in [-0.05, 0) is 31.4 Å². The SMILES string of the molecule is CC(C)(C(=O)c1ccc(Cl)c2ccccc12)S(C)(=O)=O. The molecule has 20 heavy (non-hydrogen) atoms. The first-order valence-electron chi connectivity index (χ1n) is 6.08. The molecule has 0 saturated carbocycles. The third kappa shape index (κ3) is 2.34. The first-order valence-corrected chi connectivity index (χ1v) is 8.35. The smallest absolute Gasteiger partial charge is 0.184 e. The van der Waals surface area contributed by atoms with Crippen LogP contribution in [0, 0.1) is 0 Å². The summed E-state index contributed by atoms with van der Waals surface area (Å²) < 4.78 is 22.2. The minimum atomic E-state index is -3.51. The predicted molar refractivity (Wildman–Crippen MR) is 82.2 cm³/mol. The molecule has 2 aromatic carbocycles. The molecule has 0 spiro atoms. The Bertz CT molecular complexity index is 792. The van der Waals surface area contributed by atoms with Crippen molar-refractivity contribution in [3.63, 3.8) is 0 Å². The van der Waals surface area contributed by atoms with E-state index in [1.807, 2.05) is 12.1 Å². The summed E-state index contributed by atoms with van der Waals surface area (Å²) in [5, 5.41) is 1.94. The normalized spacial score (nSPS) is 12.6. The fourth-order valence-corrected chi connectivity index (χ4v) is 2.63. The molecule has 0 aliphatic rings. The summed E-state index contributed by atoms with van der Waals surface area (Å²) in [7, 11) is -3.51. The van der Waals surface area contributed by atoms with Crippen LogP contribution in [0.1, 0.15) is 24.2 Å². The molecule has 0 radical (unpaired) electrons. The van der Waals surface area contributed by atoms with Crippen molar-refractivity contribution in [2.75, 3.05) is 6.26 Å². The summed E-state index contributed by atoms with van der Waals surface area (Å²) in [6.45, 7) is 2.85. The van der Waals surface area contributed by atoms with Crippen molar-refractivity contribution in [2.24, 2.45) is 0 Å². The molecule has 2 aromatic rings. The highest BCUT2D eigenvalue weighted by atomic mass is 35.5. The minimum Gasteiger partial charge on any atom is -0.292 e. The molecule has 0 fully saturated rings. The maximum Gasteiger partial charge on any atom is 0.184 e. The molecular weight excluding hydrogens is 296 g/mol. The number of fused-ring (bicyclic) bond motifs is 1. The van der Waals surface area contributed by atoms with E-state index in [1.54, 1.807) is 24.3 Å². The second-order valence-corrected chi connectivity index (χ2v) is 8.22. The van der Waals surface area contributed by atoms with Gasteiger partial charge in [-0.1, -0.05) is 35.9 Å². The Kier molecular flexibility index (Phi) is 3.65. The van der Waals surface area contributed by atoms with E-state index in [-0.39, 0.29) is 0 Å². The number of rotatable bonds is 3. The van der Waals surface area contributed by atoms with Gasteiger partial charge in [0, 0.05) is 22.2 Å². The van der Waals surface area contributed by atoms with Crippen LogP contribution < -0.4 is 0 Å². The van der Waals surface area contributed by atoms with Gasteiger partial charge in [-0.25, -0.2) is 8.42 Å². The number of Topliss-reactive ketones (excluding diaryl/α,β-unsaturated/α-hetero) is 1. The Balaban J connectivity index is 2.72. The highest BCUT2D eigenvalue weighted by molar-refractivity contribution is 7.92. The quantitative estimate of drug-likeness (QED) is 0.815. The average molecular weight is 311 g/mol. The van der Waals surface area contributed by atoms with Crippen molar-refractivity contribution in [3.8, 4) is 0 Å². The molecule has 106 valence electrons. The zero-order valence-corrected chi connectivity index (χ0v) is 13.0. The van der Waals surface area contributed by atoms with Gasteiger partial charge in [0.05, 0.1) is 0 Å². The monoisotopic (exact) mass is 310 g/mol. The van der Waals surface area contributed by atoms with E-state index >= 15 is 0 Å². The minimum absolute atomic E-state index is 0.375. The van der Waals surface area contributed by atoms with Crippen LogP contribution in [0.25, 0.3) is 10.8 Å². The number of hydrogen-bond donors (Lipinski definition) is 0. The number of ketones is 1. The van der Waals surface area contributed by atoms with E-state index in [0.717, 1.165) is 11.6 Å². The van der Waals surface area contributed by atoms with E-state index in [9.17, 15) is 13.2 Å². The van der Waals surface area contributed by atoms with Gasteiger partial charge in [-0.2, -0.15) is 0 Å². The Labute approximate surface area is 123 Å². The molecule has 0 unspecified atom stereocenters. The van der Waals surface area contributed by atoms with Crippen LogP contribution in [-0.4, -0.2) is 25.2 Å². The molecule has 0 saturated heterocycles. The Morgan fingerprint density at radius 3 is 2.15 bits per heavy atom. The van der Waals surface area contributed by atoms with Gasteiger partial charge >= 0.3 is 0 Å². The van der Waals surface area contributed by atoms with Crippen LogP contribution in [0.2, 0.25) is 5.02 Å². The summed E-state index contributed by atoms with van der Waals surface area (Å²) in [4.78, 5) is 12.6. The highest BCUT2D eigenvalue weighted by Crippen LogP contribution is 2.30. The number of sulfone groups is 1. The first kappa shape index (κ1) is 15.0. The number of hydrogen-bond acceptors (Lipinski definition) is 3. The van der Waals surface area contributed by atoms with Crippen molar-refractivity contribution in [1.29, 1.82) is 0 Å². The van der Waals surface area contributed by atoms with Crippen LogP contribution in [0.3, 0.4) is 0 Å². The second kappa shape index (κ2) is 4.86. The van der Waals surface area contributed by atoms with E-state index in [2.05, 4.69) is 0 Å². The van der Waals surface area contributed by atoms with Crippen LogP contribution >= 0.6 is 11.6 Å². The van der Waals surface area contributed by atoms with E-state index in [1.165, 1.54) is 13.8 Å². The molecule has 0 N–H and O–H groups in total. The molecule has 0 aliphatic carbocycles. The van der Waals surface area contributed by atoms with Gasteiger partial charge in [0.1, 0.15) is 4.75 Å². The second-order valence-electron chi connectivity index (χ2n) is 5.25. The standard InChI is InChI=1S/C15H15ClO3S/c1-15(2,20(3,18)19)14(17)12-8-9-13(16)11-7-5-4-6-10(11)12/h4-9H,1-3H3. The van der Waals surface area contributed by atoms with Crippen molar-refractivity contribution >= 4 is 38.0 Å². The summed E-state index contributed by atoms with van der Waals surface area (Å²) >= 11 is 6.11. The molecular formula is C15H15ClO3S. The number of halogens is 1. The van der Waals surface area contributed by atoms with Crippen LogP contribution in [-0.2, 0) is 9.84 Å². The lowest BCUT2D eigenvalue weighted by molar-refractivity contribution is 0.0956. The Morgan fingerprint density at radius 1 is 1.05 bits per heavy atom. The number of benzene rings is 2. The maximum absolute atomic E-state index is 12.6. The van der Waals surface area contributed by atoms with Crippen molar-refractivity contribution in [1.82, 2.24) is 0 Å². The topological polar surface area (TPSA) is 51.2 Å². The molecule has 3 nitrogen and oxygen atoms in total. The van der Waals surface area contributed by atoms with Crippen LogP contribution in [0.4, 0.5) is 0 Å². The number of carbonyl (C=O) groups is 1. The predicted octanol–water partition coefficient (Wildman–Crippen LogP) is 3.50. The fourth-order valence-electron chi connectivity index (χ4n) is 1.95. The van der Waals surface area contributed by atoms with Gasteiger partial charge in [0.2, 0.25) is 0 Å². The largest absolute Gasteiger partial charge is 0.292 e. The summed E-state index contributed by atoms with van der Waals surface area (Å²) in [6.07, 6.45) is 1.07. The molecule has 0 bridgehead atoms. The lowest BCUT2D eigenvalue weighted by atomic mass is 9.95. The van der Waals surface area contributed by atoms with Crippen molar-refractivity contribution in [2.45, 2.75) is 18.6 Å². The third-order valence-electron chi connectivity index (χ3n) is 3.59. The lowest BCUT2D eigenvalue weighted by Gasteiger charge is -2.21. The molecule has 0 atom stereocenters. The van der Waals surface area contributed by atoms with Crippen molar-refractivity contribution < 1.29 is 13.2 Å². The zero-order chi connectivity index (χ0) is 15.1. The van der Waals surface area contributed by atoms with E-state index in [4.69, 9.17) is 11.6 Å². The molecule has 0 aliphatic heterocycles. The van der Waals surface area contributed by atoms with Crippen LogP contribution in [0.5, 0.6) is 0 Å². The van der Waals surface area contributed by atoms with Gasteiger partial charge < -0.3 is 0 Å². The number of carbonyl (C=O) groups excluding carboxylic acids is 1. The Hall–Kier alpha value is -1.39.